The normalized spacial score (nSPS) is 24.5. The Morgan fingerprint density at radius 2 is 2.36 bits per heavy atom. The summed E-state index contributed by atoms with van der Waals surface area (Å²) in [5.74, 6) is 3.57. The standard InChI is InChI=1S/C9H13N3S2/c10-9(7-5-11-1-2-12-7)8-6-13-3-4-14-8/h1-2,5,8-9H,3-4,6,10H2. The van der Waals surface area contributed by atoms with Crippen molar-refractivity contribution in [2.75, 3.05) is 17.3 Å². The highest BCUT2D eigenvalue weighted by atomic mass is 32.2. The summed E-state index contributed by atoms with van der Waals surface area (Å²) in [6.07, 6.45) is 5.15. The van der Waals surface area contributed by atoms with Crippen molar-refractivity contribution in [3.8, 4) is 0 Å². The van der Waals surface area contributed by atoms with Crippen molar-refractivity contribution in [1.82, 2.24) is 9.97 Å². The van der Waals surface area contributed by atoms with Gasteiger partial charge in [0.15, 0.2) is 0 Å². The fourth-order valence-electron chi connectivity index (χ4n) is 1.39. The van der Waals surface area contributed by atoms with E-state index >= 15 is 0 Å². The zero-order valence-corrected chi connectivity index (χ0v) is 9.43. The maximum atomic E-state index is 6.13. The molecule has 2 rings (SSSR count). The molecule has 5 heteroatoms. The molecule has 1 aromatic rings. The molecule has 0 spiro atoms. The lowest BCUT2D eigenvalue weighted by Crippen LogP contribution is -2.29. The quantitative estimate of drug-likeness (QED) is 0.826. The third-order valence-corrected chi connectivity index (χ3v) is 5.05. The van der Waals surface area contributed by atoms with Gasteiger partial charge in [-0.1, -0.05) is 0 Å². The van der Waals surface area contributed by atoms with Crippen LogP contribution in [-0.2, 0) is 0 Å². The molecule has 1 aliphatic rings. The molecule has 2 atom stereocenters. The molecule has 1 fully saturated rings. The first-order valence-corrected chi connectivity index (χ1v) is 6.79. The van der Waals surface area contributed by atoms with E-state index in [2.05, 4.69) is 9.97 Å². The minimum atomic E-state index is 0.0292. The van der Waals surface area contributed by atoms with E-state index in [4.69, 9.17) is 5.73 Å². The Labute approximate surface area is 92.3 Å². The van der Waals surface area contributed by atoms with Gasteiger partial charge in [-0.15, -0.1) is 0 Å². The molecule has 2 N–H and O–H groups in total. The van der Waals surface area contributed by atoms with Gasteiger partial charge in [0, 0.05) is 34.9 Å². The van der Waals surface area contributed by atoms with E-state index in [1.54, 1.807) is 18.6 Å². The first-order valence-electron chi connectivity index (χ1n) is 4.59. The number of aromatic nitrogens is 2. The van der Waals surface area contributed by atoms with Crippen molar-refractivity contribution in [2.45, 2.75) is 11.3 Å². The Hall–Kier alpha value is -0.260. The monoisotopic (exact) mass is 227 g/mol. The lowest BCUT2D eigenvalue weighted by atomic mass is 10.2. The number of nitrogens with zero attached hydrogens (tertiary/aromatic N) is 2. The zero-order valence-electron chi connectivity index (χ0n) is 7.80. The molecule has 1 saturated heterocycles. The molecule has 0 aromatic carbocycles. The highest BCUT2D eigenvalue weighted by Gasteiger charge is 2.23. The molecule has 0 saturated carbocycles. The molecule has 3 nitrogen and oxygen atoms in total. The van der Waals surface area contributed by atoms with Gasteiger partial charge in [-0.25, -0.2) is 0 Å². The van der Waals surface area contributed by atoms with Crippen molar-refractivity contribution in [2.24, 2.45) is 5.73 Å². The van der Waals surface area contributed by atoms with Crippen LogP contribution in [0, 0.1) is 0 Å². The lowest BCUT2D eigenvalue weighted by Gasteiger charge is -2.25. The van der Waals surface area contributed by atoms with Gasteiger partial charge in [0.2, 0.25) is 0 Å². The Kier molecular flexibility index (Phi) is 3.67. The van der Waals surface area contributed by atoms with E-state index in [1.165, 1.54) is 11.5 Å². The molecule has 2 unspecified atom stereocenters. The van der Waals surface area contributed by atoms with Crippen molar-refractivity contribution in [1.29, 1.82) is 0 Å². The summed E-state index contributed by atoms with van der Waals surface area (Å²) in [5, 5.41) is 0.491. The van der Waals surface area contributed by atoms with Crippen molar-refractivity contribution in [3.05, 3.63) is 24.3 Å². The van der Waals surface area contributed by atoms with E-state index in [1.807, 2.05) is 23.5 Å². The minimum absolute atomic E-state index is 0.0292. The van der Waals surface area contributed by atoms with Crippen LogP contribution in [-0.4, -0.2) is 32.5 Å². The summed E-state index contributed by atoms with van der Waals surface area (Å²) in [7, 11) is 0. The molecule has 0 aliphatic carbocycles. The van der Waals surface area contributed by atoms with Crippen LogP contribution < -0.4 is 5.73 Å². The number of rotatable bonds is 2. The summed E-state index contributed by atoms with van der Waals surface area (Å²) in [5.41, 5.74) is 7.04. The van der Waals surface area contributed by atoms with Gasteiger partial charge in [0.05, 0.1) is 17.9 Å². The third kappa shape index (κ3) is 2.40. The van der Waals surface area contributed by atoms with Crippen molar-refractivity contribution in [3.63, 3.8) is 0 Å². The summed E-state index contributed by atoms with van der Waals surface area (Å²) in [6.45, 7) is 0. The summed E-state index contributed by atoms with van der Waals surface area (Å²) >= 11 is 3.93. The minimum Gasteiger partial charge on any atom is -0.322 e. The van der Waals surface area contributed by atoms with Crippen LogP contribution in [0.5, 0.6) is 0 Å². The molecule has 0 radical (unpaired) electrons. The number of nitrogens with two attached hydrogens (primary N) is 1. The first kappa shape index (κ1) is 10.3. The lowest BCUT2D eigenvalue weighted by molar-refractivity contribution is 0.690. The average molecular weight is 227 g/mol. The Morgan fingerprint density at radius 1 is 1.43 bits per heavy atom. The molecular formula is C9H13N3S2. The second-order valence-corrected chi connectivity index (χ2v) is 5.64. The van der Waals surface area contributed by atoms with Crippen LogP contribution in [0.2, 0.25) is 0 Å². The fourth-order valence-corrected chi connectivity index (χ4v) is 4.17. The molecular weight excluding hydrogens is 214 g/mol. The number of hydrogen-bond acceptors (Lipinski definition) is 5. The Balaban J connectivity index is 2.03. The largest absolute Gasteiger partial charge is 0.322 e. The maximum absolute atomic E-state index is 6.13. The second-order valence-electron chi connectivity index (χ2n) is 3.14. The highest BCUT2D eigenvalue weighted by molar-refractivity contribution is 8.06. The SMILES string of the molecule is NC(c1cnccn1)C1CSCCS1. The fraction of sp³-hybridized carbons (Fsp3) is 0.556. The van der Waals surface area contributed by atoms with Crippen molar-refractivity contribution < 1.29 is 0 Å². The number of thioether (sulfide) groups is 2. The Bertz CT molecular complexity index is 275. The van der Waals surface area contributed by atoms with Gasteiger partial charge in [-0.05, 0) is 0 Å². The van der Waals surface area contributed by atoms with E-state index in [0.29, 0.717) is 5.25 Å². The van der Waals surface area contributed by atoms with Crippen molar-refractivity contribution >= 4 is 23.5 Å². The van der Waals surface area contributed by atoms with Gasteiger partial charge in [-0.2, -0.15) is 23.5 Å². The highest BCUT2D eigenvalue weighted by Crippen LogP contribution is 2.31. The molecule has 0 amide bonds. The van der Waals surface area contributed by atoms with Gasteiger partial charge in [0.1, 0.15) is 0 Å². The molecule has 1 aliphatic heterocycles. The molecule has 2 heterocycles. The number of hydrogen-bond donors (Lipinski definition) is 1. The summed E-state index contributed by atoms with van der Waals surface area (Å²) in [6, 6.07) is 0.0292. The van der Waals surface area contributed by atoms with Crippen LogP contribution in [0.4, 0.5) is 0 Å². The molecule has 1 aromatic heterocycles. The van der Waals surface area contributed by atoms with Crippen LogP contribution in [0.25, 0.3) is 0 Å². The predicted octanol–water partition coefficient (Wildman–Crippen LogP) is 1.32. The maximum Gasteiger partial charge on any atom is 0.0765 e. The molecule has 0 bridgehead atoms. The Morgan fingerprint density at radius 3 is 3.00 bits per heavy atom. The van der Waals surface area contributed by atoms with Gasteiger partial charge < -0.3 is 5.73 Å². The topological polar surface area (TPSA) is 51.8 Å². The third-order valence-electron chi connectivity index (χ3n) is 2.17. The summed E-state index contributed by atoms with van der Waals surface area (Å²) in [4.78, 5) is 8.29. The average Bonchev–Trinajstić information content (AvgIpc) is 2.30. The van der Waals surface area contributed by atoms with Crippen LogP contribution in [0.15, 0.2) is 18.6 Å². The van der Waals surface area contributed by atoms with Gasteiger partial charge in [-0.3, -0.25) is 9.97 Å². The molecule has 14 heavy (non-hydrogen) atoms. The molecule has 76 valence electrons. The van der Waals surface area contributed by atoms with Crippen LogP contribution in [0.3, 0.4) is 0 Å². The smallest absolute Gasteiger partial charge is 0.0765 e. The zero-order chi connectivity index (χ0) is 9.80. The van der Waals surface area contributed by atoms with E-state index in [9.17, 15) is 0 Å². The predicted molar refractivity (Wildman–Crippen MR) is 62.5 cm³/mol. The second kappa shape index (κ2) is 5.00. The van der Waals surface area contributed by atoms with E-state index in [-0.39, 0.29) is 6.04 Å². The first-order chi connectivity index (χ1) is 6.88. The van der Waals surface area contributed by atoms with Gasteiger partial charge in [0.25, 0.3) is 0 Å². The van der Waals surface area contributed by atoms with Crippen LogP contribution >= 0.6 is 23.5 Å². The van der Waals surface area contributed by atoms with Gasteiger partial charge >= 0.3 is 0 Å². The van der Waals surface area contributed by atoms with Crippen LogP contribution in [0.1, 0.15) is 11.7 Å². The van der Waals surface area contributed by atoms with E-state index < -0.39 is 0 Å². The summed E-state index contributed by atoms with van der Waals surface area (Å²) < 4.78 is 0. The van der Waals surface area contributed by atoms with E-state index in [0.717, 1.165) is 11.4 Å².